The number of nitrogens with zero attached hydrogens (tertiary/aromatic N) is 2. The Balaban J connectivity index is 1.37. The Morgan fingerprint density at radius 3 is 3.03 bits per heavy atom. The molecule has 0 radical (unpaired) electrons. The van der Waals surface area contributed by atoms with Crippen LogP contribution in [0.15, 0.2) is 34.2 Å². The average molecular weight is 441 g/mol. The van der Waals surface area contributed by atoms with E-state index in [2.05, 4.69) is 22.2 Å². The summed E-state index contributed by atoms with van der Waals surface area (Å²) in [4.78, 5) is 48.4. The molecule has 1 aromatic carbocycles. The highest BCUT2D eigenvalue weighted by Crippen LogP contribution is 2.36. The molecule has 2 N–H and O–H groups in total. The van der Waals surface area contributed by atoms with E-state index < -0.39 is 0 Å². The van der Waals surface area contributed by atoms with Gasteiger partial charge >= 0.3 is 0 Å². The SMILES string of the molecule is C[C@@H]1CCc2c(sc3nc(SCC(=O)N4CC(=O)Nc5ccccc54)[nH]c(=O)c23)C1. The topological polar surface area (TPSA) is 95.2 Å². The van der Waals surface area contributed by atoms with Crippen LogP contribution in [0.4, 0.5) is 11.4 Å². The molecule has 0 unspecified atom stereocenters. The summed E-state index contributed by atoms with van der Waals surface area (Å²) >= 11 is 2.78. The number of H-pyrrole nitrogens is 1. The van der Waals surface area contributed by atoms with Gasteiger partial charge in [0.1, 0.15) is 11.4 Å². The Bertz CT molecular complexity index is 1230. The van der Waals surface area contributed by atoms with Crippen molar-refractivity contribution in [2.45, 2.75) is 31.3 Å². The lowest BCUT2D eigenvalue weighted by atomic mass is 9.89. The fraction of sp³-hybridized carbons (Fsp3) is 0.333. The van der Waals surface area contributed by atoms with E-state index in [4.69, 9.17) is 0 Å². The number of thiophene rings is 1. The molecule has 5 rings (SSSR count). The number of anilines is 2. The van der Waals surface area contributed by atoms with Crippen LogP contribution in [0.3, 0.4) is 0 Å². The highest BCUT2D eigenvalue weighted by atomic mass is 32.2. The van der Waals surface area contributed by atoms with Crippen molar-refractivity contribution in [1.29, 1.82) is 0 Å². The normalized spacial score (nSPS) is 18.1. The van der Waals surface area contributed by atoms with E-state index >= 15 is 0 Å². The van der Waals surface area contributed by atoms with Gasteiger partial charge in [0.25, 0.3) is 5.56 Å². The van der Waals surface area contributed by atoms with Crippen LogP contribution in [-0.4, -0.2) is 34.1 Å². The maximum atomic E-state index is 12.8. The second-order valence-electron chi connectivity index (χ2n) is 7.74. The molecule has 1 aliphatic heterocycles. The first-order valence-corrected chi connectivity index (χ1v) is 11.7. The number of para-hydroxylation sites is 2. The summed E-state index contributed by atoms with van der Waals surface area (Å²) in [5.41, 5.74) is 2.31. The van der Waals surface area contributed by atoms with E-state index in [0.717, 1.165) is 29.7 Å². The minimum Gasteiger partial charge on any atom is -0.323 e. The molecule has 2 aliphatic rings. The van der Waals surface area contributed by atoms with Gasteiger partial charge in [0.05, 0.1) is 22.5 Å². The van der Waals surface area contributed by atoms with E-state index in [1.165, 1.54) is 21.5 Å². The number of nitrogens with one attached hydrogen (secondary N) is 2. The van der Waals surface area contributed by atoms with Gasteiger partial charge in [-0.05, 0) is 42.9 Å². The standard InChI is InChI=1S/C21H20N4O3S2/c1-11-6-7-12-15(8-11)30-20-18(12)19(28)23-21(24-20)29-10-17(27)25-9-16(26)22-13-4-2-3-5-14(13)25/h2-5,11H,6-10H2,1H3,(H,22,26)(H,23,24,28)/t11-/m1/s1. The predicted octanol–water partition coefficient (Wildman–Crippen LogP) is 3.19. The molecule has 9 heteroatoms. The third-order valence-electron chi connectivity index (χ3n) is 5.55. The lowest BCUT2D eigenvalue weighted by Gasteiger charge is -2.28. The van der Waals surface area contributed by atoms with Gasteiger partial charge in [-0.15, -0.1) is 11.3 Å². The Morgan fingerprint density at radius 2 is 2.17 bits per heavy atom. The summed E-state index contributed by atoms with van der Waals surface area (Å²) in [6, 6.07) is 7.22. The zero-order valence-electron chi connectivity index (χ0n) is 16.4. The number of hydrogen-bond donors (Lipinski definition) is 2. The summed E-state index contributed by atoms with van der Waals surface area (Å²) in [5.74, 6) is 0.279. The van der Waals surface area contributed by atoms with Crippen molar-refractivity contribution >= 4 is 56.5 Å². The molecule has 0 saturated heterocycles. The number of aromatic amines is 1. The van der Waals surface area contributed by atoms with Crippen LogP contribution in [0.1, 0.15) is 23.8 Å². The molecule has 0 fully saturated rings. The van der Waals surface area contributed by atoms with Crippen molar-refractivity contribution in [3.05, 3.63) is 45.1 Å². The molecule has 154 valence electrons. The first kappa shape index (κ1) is 19.3. The Kier molecular flexibility index (Phi) is 4.86. The number of aryl methyl sites for hydroxylation is 1. The summed E-state index contributed by atoms with van der Waals surface area (Å²) in [5, 5.41) is 3.92. The molecule has 2 aromatic heterocycles. The molecule has 1 atom stereocenters. The van der Waals surface area contributed by atoms with Gasteiger partial charge in [-0.2, -0.15) is 0 Å². The number of benzene rings is 1. The fourth-order valence-corrected chi connectivity index (χ4v) is 6.24. The molecule has 3 heterocycles. The summed E-state index contributed by atoms with van der Waals surface area (Å²) in [6.07, 6.45) is 3.00. The van der Waals surface area contributed by atoms with Crippen molar-refractivity contribution in [3.63, 3.8) is 0 Å². The van der Waals surface area contributed by atoms with Crippen LogP contribution in [0.2, 0.25) is 0 Å². The van der Waals surface area contributed by atoms with E-state index in [9.17, 15) is 14.4 Å². The van der Waals surface area contributed by atoms with Crippen molar-refractivity contribution in [2.75, 3.05) is 22.5 Å². The summed E-state index contributed by atoms with van der Waals surface area (Å²) in [7, 11) is 0. The van der Waals surface area contributed by atoms with Gasteiger partial charge in [0, 0.05) is 4.88 Å². The molecule has 30 heavy (non-hydrogen) atoms. The average Bonchev–Trinajstić information content (AvgIpc) is 3.09. The van der Waals surface area contributed by atoms with Crippen LogP contribution in [0.5, 0.6) is 0 Å². The molecule has 0 saturated carbocycles. The Hall–Kier alpha value is -2.65. The number of hydrogen-bond acceptors (Lipinski definition) is 6. The Morgan fingerprint density at radius 1 is 1.33 bits per heavy atom. The van der Waals surface area contributed by atoms with E-state index in [1.54, 1.807) is 23.5 Å². The molecule has 0 spiro atoms. The van der Waals surface area contributed by atoms with Gasteiger partial charge in [-0.1, -0.05) is 30.8 Å². The zero-order valence-corrected chi connectivity index (χ0v) is 18.0. The van der Waals surface area contributed by atoms with Crippen LogP contribution in [0, 0.1) is 5.92 Å². The zero-order chi connectivity index (χ0) is 20.8. The number of rotatable bonds is 3. The molecular weight excluding hydrogens is 420 g/mol. The fourth-order valence-electron chi connectivity index (χ4n) is 4.06. The quantitative estimate of drug-likeness (QED) is 0.482. The van der Waals surface area contributed by atoms with Crippen LogP contribution < -0.4 is 15.8 Å². The maximum absolute atomic E-state index is 12.8. The third kappa shape index (κ3) is 3.41. The highest BCUT2D eigenvalue weighted by Gasteiger charge is 2.27. The van der Waals surface area contributed by atoms with Gasteiger partial charge in [-0.3, -0.25) is 14.4 Å². The first-order valence-electron chi connectivity index (χ1n) is 9.86. The largest absolute Gasteiger partial charge is 0.323 e. The number of amides is 2. The van der Waals surface area contributed by atoms with Gasteiger partial charge < -0.3 is 15.2 Å². The van der Waals surface area contributed by atoms with E-state index in [-0.39, 0.29) is 29.7 Å². The summed E-state index contributed by atoms with van der Waals surface area (Å²) in [6.45, 7) is 2.21. The second-order valence-corrected chi connectivity index (χ2v) is 9.78. The van der Waals surface area contributed by atoms with Crippen LogP contribution in [-0.2, 0) is 22.4 Å². The van der Waals surface area contributed by atoms with Crippen molar-refractivity contribution in [3.8, 4) is 0 Å². The minimum atomic E-state index is -0.224. The number of carbonyl (C=O) groups is 2. The smallest absolute Gasteiger partial charge is 0.260 e. The van der Waals surface area contributed by atoms with E-state index in [1.807, 2.05) is 12.1 Å². The lowest BCUT2D eigenvalue weighted by molar-refractivity contribution is -0.120. The highest BCUT2D eigenvalue weighted by molar-refractivity contribution is 7.99. The molecule has 2 amide bonds. The predicted molar refractivity (Wildman–Crippen MR) is 120 cm³/mol. The number of aromatic nitrogens is 2. The summed E-state index contributed by atoms with van der Waals surface area (Å²) < 4.78 is 0. The van der Waals surface area contributed by atoms with E-state index in [0.29, 0.717) is 27.8 Å². The van der Waals surface area contributed by atoms with Crippen molar-refractivity contribution in [2.24, 2.45) is 5.92 Å². The Labute approximate surface area is 180 Å². The second kappa shape index (κ2) is 7.55. The van der Waals surface area contributed by atoms with Crippen LogP contribution in [0.25, 0.3) is 10.2 Å². The first-order chi connectivity index (χ1) is 14.5. The molecule has 1 aliphatic carbocycles. The van der Waals surface area contributed by atoms with Gasteiger partial charge in [0.2, 0.25) is 11.8 Å². The monoisotopic (exact) mass is 440 g/mol. The lowest BCUT2D eigenvalue weighted by Crippen LogP contribution is -2.43. The van der Waals surface area contributed by atoms with Gasteiger partial charge in [-0.25, -0.2) is 4.98 Å². The number of carbonyl (C=O) groups excluding carboxylic acids is 2. The number of fused-ring (bicyclic) bond motifs is 4. The van der Waals surface area contributed by atoms with Crippen LogP contribution >= 0.6 is 23.1 Å². The van der Waals surface area contributed by atoms with Crippen molar-refractivity contribution < 1.29 is 9.59 Å². The minimum absolute atomic E-state index is 0.0186. The molecule has 7 nitrogen and oxygen atoms in total. The molecular formula is C21H20N4O3S2. The molecule has 3 aromatic rings. The third-order valence-corrected chi connectivity index (χ3v) is 7.55. The van der Waals surface area contributed by atoms with Gasteiger partial charge in [0.15, 0.2) is 5.16 Å². The van der Waals surface area contributed by atoms with Crippen molar-refractivity contribution in [1.82, 2.24) is 9.97 Å². The number of thioether (sulfide) groups is 1. The maximum Gasteiger partial charge on any atom is 0.260 e. The molecule has 0 bridgehead atoms.